The van der Waals surface area contributed by atoms with Crippen LogP contribution in [0.25, 0.3) is 22.0 Å². The third-order valence-corrected chi connectivity index (χ3v) is 11.5. The normalized spacial score (nSPS) is 16.4. The minimum absolute atomic E-state index is 0.0617. The van der Waals surface area contributed by atoms with Crippen LogP contribution in [0.4, 0.5) is 4.39 Å². The average Bonchev–Trinajstić information content (AvgIpc) is 3.28. The van der Waals surface area contributed by atoms with Crippen molar-refractivity contribution < 1.29 is 13.9 Å². The maximum absolute atomic E-state index is 15.6. The van der Waals surface area contributed by atoms with E-state index < -0.39 is 18.7 Å². The fraction of sp³-hybridized carbons (Fsp3) is 0.367. The summed E-state index contributed by atoms with van der Waals surface area (Å²) in [4.78, 5) is 7.11. The third-order valence-electron chi connectivity index (χ3n) is 6.94. The summed E-state index contributed by atoms with van der Waals surface area (Å²) >= 11 is -2.61. The van der Waals surface area contributed by atoms with Gasteiger partial charge in [-0.2, -0.15) is 0 Å². The van der Waals surface area contributed by atoms with Gasteiger partial charge in [-0.25, -0.2) is 0 Å². The Morgan fingerprint density at radius 1 is 1.06 bits per heavy atom. The zero-order valence-electron chi connectivity index (χ0n) is 21.7. The van der Waals surface area contributed by atoms with Crippen LogP contribution in [0.1, 0.15) is 49.1 Å². The first-order chi connectivity index (χ1) is 17.4. The van der Waals surface area contributed by atoms with Gasteiger partial charge in [0.25, 0.3) is 0 Å². The molecular formula is C30H35FN2O2Sn. The van der Waals surface area contributed by atoms with E-state index in [-0.39, 0.29) is 11.9 Å². The van der Waals surface area contributed by atoms with Crippen molar-refractivity contribution in [1.82, 2.24) is 8.00 Å². The number of benzene rings is 3. The molecule has 2 heterocycles. The number of halogens is 1. The second-order valence-corrected chi connectivity index (χ2v) is 24.2. The molecule has 4 nitrogen and oxygen atoms in total. The molecule has 1 aromatic heterocycles. The van der Waals surface area contributed by atoms with Gasteiger partial charge in [-0.1, -0.05) is 18.2 Å². The number of rotatable bonds is 7. The summed E-state index contributed by atoms with van der Waals surface area (Å²) in [7, 11) is 0. The molecule has 1 unspecified atom stereocenters. The number of fused-ring (bicyclic) bond motifs is 1. The van der Waals surface area contributed by atoms with Gasteiger partial charge in [0, 0.05) is 0 Å². The van der Waals surface area contributed by atoms with Crippen LogP contribution in [0.15, 0.2) is 60.7 Å². The van der Waals surface area contributed by atoms with Crippen molar-refractivity contribution in [2.24, 2.45) is 0 Å². The summed E-state index contributed by atoms with van der Waals surface area (Å²) in [5.41, 5.74) is 5.84. The molecule has 188 valence electrons. The number of aromatic nitrogens is 2. The summed E-state index contributed by atoms with van der Waals surface area (Å²) in [5, 5.41) is 6.30. The molecule has 1 saturated heterocycles. The Hall–Kier alpha value is -2.38. The van der Waals surface area contributed by atoms with Gasteiger partial charge in [0.15, 0.2) is 0 Å². The van der Waals surface area contributed by atoms with Gasteiger partial charge in [0.1, 0.15) is 0 Å². The number of hydrogen-bond acceptors (Lipinski definition) is 3. The molecule has 1 fully saturated rings. The fourth-order valence-corrected chi connectivity index (χ4v) is 8.83. The van der Waals surface area contributed by atoms with Crippen molar-refractivity contribution >= 4 is 29.6 Å². The molecule has 5 rings (SSSR count). The van der Waals surface area contributed by atoms with E-state index in [9.17, 15) is 0 Å². The van der Waals surface area contributed by atoms with Crippen molar-refractivity contribution in [3.8, 4) is 16.9 Å². The van der Waals surface area contributed by atoms with Crippen molar-refractivity contribution in [3.63, 3.8) is 0 Å². The molecule has 6 heteroatoms. The molecule has 36 heavy (non-hydrogen) atoms. The SMILES string of the molecule is CCc1c(-c2ccc3c(C4CCCCO4)n[n]([Sn]([CH3])([CH3])[CH3])c3c2)ccc(OCc2ccccc2)c1F. The van der Waals surface area contributed by atoms with Gasteiger partial charge in [-0.15, -0.1) is 0 Å². The second-order valence-electron chi connectivity index (χ2n) is 10.6. The van der Waals surface area contributed by atoms with Crippen LogP contribution in [0.5, 0.6) is 5.75 Å². The number of hydrogen-bond donors (Lipinski definition) is 0. The summed E-state index contributed by atoms with van der Waals surface area (Å²) < 4.78 is 29.9. The van der Waals surface area contributed by atoms with Gasteiger partial charge in [-0.3, -0.25) is 0 Å². The molecule has 1 atom stereocenters. The van der Waals surface area contributed by atoms with Crippen molar-refractivity contribution in [1.29, 1.82) is 0 Å². The first-order valence-corrected chi connectivity index (χ1v) is 22.8. The molecule has 0 spiro atoms. The van der Waals surface area contributed by atoms with E-state index in [0.29, 0.717) is 24.3 Å². The molecule has 0 aliphatic carbocycles. The standard InChI is InChI=1S/C27H26FN2O2.3CH3.Sn/c1-2-20-21(13-14-24(26(20)28)32-17-18-8-4-3-5-9-18)19-11-12-22-23(16-19)29-30-27(22)25-10-6-7-15-31-25;;;;/h3-5,8-9,11-14,16,25H,2,6-7,10,15,17H2,1H3;3*1H3;/q-1;;;;+1. The Labute approximate surface area is 217 Å². The third kappa shape index (κ3) is 5.05. The van der Waals surface area contributed by atoms with Gasteiger partial charge < -0.3 is 0 Å². The Morgan fingerprint density at radius 2 is 1.86 bits per heavy atom. The Bertz CT molecular complexity index is 1360. The van der Waals surface area contributed by atoms with Gasteiger partial charge >= 0.3 is 200 Å². The molecule has 1 aliphatic heterocycles. The topological polar surface area (TPSA) is 36.3 Å². The monoisotopic (exact) mass is 594 g/mol. The first kappa shape index (κ1) is 25.3. The van der Waals surface area contributed by atoms with E-state index in [1.807, 2.05) is 43.3 Å². The summed E-state index contributed by atoms with van der Waals surface area (Å²) in [5.74, 6) is 0.0269. The predicted molar refractivity (Wildman–Crippen MR) is 147 cm³/mol. The summed E-state index contributed by atoms with van der Waals surface area (Å²) in [6.45, 7) is 3.14. The van der Waals surface area contributed by atoms with Gasteiger partial charge in [-0.05, 0) is 0 Å². The Balaban J connectivity index is 1.54. The fourth-order valence-electron chi connectivity index (χ4n) is 5.07. The summed E-state index contributed by atoms with van der Waals surface area (Å²) in [6.07, 6.45) is 3.96. The predicted octanol–water partition coefficient (Wildman–Crippen LogP) is 7.91. The van der Waals surface area contributed by atoms with Crippen LogP contribution in [0.3, 0.4) is 0 Å². The van der Waals surface area contributed by atoms with E-state index >= 15 is 4.39 Å². The minimum atomic E-state index is -2.61. The zero-order valence-corrected chi connectivity index (χ0v) is 24.5. The zero-order chi connectivity index (χ0) is 25.3. The molecule has 0 N–H and O–H groups in total. The van der Waals surface area contributed by atoms with Crippen LogP contribution in [-0.2, 0) is 17.8 Å². The van der Waals surface area contributed by atoms with Crippen LogP contribution >= 0.6 is 0 Å². The molecular weight excluding hydrogens is 558 g/mol. The first-order valence-electron chi connectivity index (χ1n) is 13.0. The van der Waals surface area contributed by atoms with E-state index in [2.05, 4.69) is 35.9 Å². The molecule has 0 bridgehead atoms. The van der Waals surface area contributed by atoms with Crippen LogP contribution < -0.4 is 4.74 Å². The average molecular weight is 593 g/mol. The Morgan fingerprint density at radius 3 is 2.56 bits per heavy atom. The molecule has 0 saturated carbocycles. The van der Waals surface area contributed by atoms with Gasteiger partial charge in [0.05, 0.1) is 0 Å². The van der Waals surface area contributed by atoms with E-state index in [1.165, 1.54) is 11.8 Å². The summed E-state index contributed by atoms with van der Waals surface area (Å²) in [6, 6.07) is 20.1. The second kappa shape index (κ2) is 10.5. The molecule has 1 aliphatic rings. The van der Waals surface area contributed by atoms with Crippen molar-refractivity contribution in [2.75, 3.05) is 6.61 Å². The van der Waals surface area contributed by atoms with E-state index in [1.54, 1.807) is 6.07 Å². The van der Waals surface area contributed by atoms with E-state index in [0.717, 1.165) is 47.3 Å². The van der Waals surface area contributed by atoms with Gasteiger partial charge in [0.2, 0.25) is 0 Å². The maximum atomic E-state index is 15.6. The van der Waals surface area contributed by atoms with Crippen molar-refractivity contribution in [3.05, 3.63) is 83.3 Å². The molecule has 0 radical (unpaired) electrons. The quantitative estimate of drug-likeness (QED) is 0.205. The van der Waals surface area contributed by atoms with Crippen molar-refractivity contribution in [2.45, 2.75) is 60.1 Å². The molecule has 4 aromatic rings. The molecule has 3 aromatic carbocycles. The van der Waals surface area contributed by atoms with E-state index in [4.69, 9.17) is 14.6 Å². The number of ether oxygens (including phenoxy) is 2. The number of nitrogens with zero attached hydrogens (tertiary/aromatic N) is 2. The van der Waals surface area contributed by atoms with Crippen LogP contribution in [0.2, 0.25) is 14.8 Å². The van der Waals surface area contributed by atoms with Crippen LogP contribution in [0, 0.1) is 5.82 Å². The molecule has 0 amide bonds. The van der Waals surface area contributed by atoms with Crippen LogP contribution in [-0.4, -0.2) is 33.3 Å². The Kier molecular flexibility index (Phi) is 7.40.